The van der Waals surface area contributed by atoms with Crippen molar-refractivity contribution in [2.24, 2.45) is 0 Å². The summed E-state index contributed by atoms with van der Waals surface area (Å²) >= 11 is 3.05. The average molecular weight is 414 g/mol. The number of thiophene rings is 1. The zero-order chi connectivity index (χ0) is 19.6. The molecule has 0 aliphatic heterocycles. The number of hydrogen-bond acceptors (Lipinski definition) is 4. The predicted molar refractivity (Wildman–Crippen MR) is 121 cm³/mol. The second-order valence-corrected chi connectivity index (χ2v) is 9.96. The van der Waals surface area contributed by atoms with E-state index in [1.807, 2.05) is 6.07 Å². The van der Waals surface area contributed by atoms with Gasteiger partial charge in [-0.15, -0.1) is 11.8 Å². The van der Waals surface area contributed by atoms with Crippen molar-refractivity contribution in [3.63, 3.8) is 0 Å². The molecule has 1 heterocycles. The summed E-state index contributed by atoms with van der Waals surface area (Å²) in [5, 5.41) is 10.9. The van der Waals surface area contributed by atoms with Crippen molar-refractivity contribution in [1.82, 2.24) is 0 Å². The Morgan fingerprint density at radius 2 is 1.22 bits per heavy atom. The fraction of sp³-hybridized carbons (Fsp3) is 0.818. The van der Waals surface area contributed by atoms with Gasteiger partial charge in [0.1, 0.15) is 0 Å². The van der Waals surface area contributed by atoms with Gasteiger partial charge in [-0.3, -0.25) is 10.1 Å². The minimum absolute atomic E-state index is 0.254. The van der Waals surface area contributed by atoms with Crippen LogP contribution in [0.25, 0.3) is 0 Å². The van der Waals surface area contributed by atoms with Crippen LogP contribution >= 0.6 is 23.1 Å². The summed E-state index contributed by atoms with van der Waals surface area (Å²) in [6, 6.07) is 3.49. The van der Waals surface area contributed by atoms with Crippen LogP contribution in [-0.4, -0.2) is 10.7 Å². The number of hydrogen-bond donors (Lipinski definition) is 0. The highest BCUT2D eigenvalue weighted by Gasteiger charge is 2.09. The summed E-state index contributed by atoms with van der Waals surface area (Å²) < 4.78 is 1.07. The van der Waals surface area contributed by atoms with E-state index in [2.05, 4.69) is 6.92 Å². The van der Waals surface area contributed by atoms with Crippen LogP contribution in [0.3, 0.4) is 0 Å². The highest BCUT2D eigenvalue weighted by atomic mass is 32.2. The Hall–Kier alpha value is -0.550. The lowest BCUT2D eigenvalue weighted by Crippen LogP contribution is -1.84. The Labute approximate surface area is 174 Å². The largest absolute Gasteiger partial charge is 0.325 e. The molecule has 1 rings (SSSR count). The zero-order valence-corrected chi connectivity index (χ0v) is 18.9. The van der Waals surface area contributed by atoms with Gasteiger partial charge in [0.25, 0.3) is 0 Å². The van der Waals surface area contributed by atoms with E-state index in [1.165, 1.54) is 114 Å². The van der Waals surface area contributed by atoms with Crippen LogP contribution in [0.15, 0.2) is 16.3 Å². The van der Waals surface area contributed by atoms with E-state index in [4.69, 9.17) is 0 Å². The summed E-state index contributed by atoms with van der Waals surface area (Å²) in [7, 11) is 0. The monoisotopic (exact) mass is 413 g/mol. The molecule has 27 heavy (non-hydrogen) atoms. The number of thioether (sulfide) groups is 1. The summed E-state index contributed by atoms with van der Waals surface area (Å²) in [5.41, 5.74) is 0. The van der Waals surface area contributed by atoms with Crippen molar-refractivity contribution in [3.05, 3.63) is 22.2 Å². The Bertz CT molecular complexity index is 477. The maximum Gasteiger partial charge on any atom is 0.325 e. The molecular weight excluding hydrogens is 374 g/mol. The molecule has 0 saturated carbocycles. The van der Waals surface area contributed by atoms with Gasteiger partial charge in [-0.05, 0) is 18.2 Å². The number of nitrogens with zero attached hydrogens (tertiary/aromatic N) is 1. The molecule has 1 aromatic heterocycles. The third-order valence-electron chi connectivity index (χ3n) is 4.99. The fourth-order valence-electron chi connectivity index (χ4n) is 3.31. The number of unbranched alkanes of at least 4 members (excludes halogenated alkanes) is 15. The molecule has 3 nitrogen and oxygen atoms in total. The van der Waals surface area contributed by atoms with Gasteiger partial charge in [-0.2, -0.15) is 0 Å². The lowest BCUT2D eigenvalue weighted by Gasteiger charge is -2.03. The Morgan fingerprint density at radius 3 is 1.63 bits per heavy atom. The quantitative estimate of drug-likeness (QED) is 0.0983. The molecule has 0 unspecified atom stereocenters. The smallest absolute Gasteiger partial charge is 0.258 e. The minimum atomic E-state index is -0.302. The molecule has 0 aromatic carbocycles. The van der Waals surface area contributed by atoms with Crippen LogP contribution in [0.4, 0.5) is 5.00 Å². The van der Waals surface area contributed by atoms with Gasteiger partial charge in [-0.25, -0.2) is 0 Å². The summed E-state index contributed by atoms with van der Waals surface area (Å²) in [5.74, 6) is 1.08. The van der Waals surface area contributed by atoms with E-state index in [0.717, 1.165) is 9.96 Å². The number of nitro groups is 1. The first-order valence-corrected chi connectivity index (χ1v) is 12.9. The third-order valence-corrected chi connectivity index (χ3v) is 7.34. The van der Waals surface area contributed by atoms with E-state index in [0.29, 0.717) is 0 Å². The standard InChI is InChI=1S/C22H39NO2S2/c1-2-3-4-5-6-7-8-9-10-11-12-13-14-15-16-17-20-26-22-19-18-21(27-22)23(24)25/h18-19H,2-17,20H2,1H3. The fourth-order valence-corrected chi connectivity index (χ4v) is 5.32. The molecule has 0 atom stereocenters. The molecule has 0 spiro atoms. The lowest BCUT2D eigenvalue weighted by atomic mass is 10.0. The highest BCUT2D eigenvalue weighted by Crippen LogP contribution is 2.32. The molecule has 0 amide bonds. The van der Waals surface area contributed by atoms with Crippen LogP contribution < -0.4 is 0 Å². The molecule has 0 bridgehead atoms. The van der Waals surface area contributed by atoms with Gasteiger partial charge in [-0.1, -0.05) is 115 Å². The molecule has 0 fully saturated rings. The molecule has 0 aliphatic rings. The maximum atomic E-state index is 10.7. The third kappa shape index (κ3) is 14.1. The van der Waals surface area contributed by atoms with Gasteiger partial charge in [0, 0.05) is 6.07 Å². The molecule has 0 saturated heterocycles. The second kappa shape index (κ2) is 17.5. The van der Waals surface area contributed by atoms with Gasteiger partial charge in [0.15, 0.2) is 0 Å². The molecule has 5 heteroatoms. The van der Waals surface area contributed by atoms with Gasteiger partial charge >= 0.3 is 5.00 Å². The van der Waals surface area contributed by atoms with Crippen molar-refractivity contribution < 1.29 is 4.92 Å². The van der Waals surface area contributed by atoms with Crippen LogP contribution in [0.1, 0.15) is 110 Å². The first-order chi connectivity index (χ1) is 13.2. The van der Waals surface area contributed by atoms with E-state index in [9.17, 15) is 10.1 Å². The summed E-state index contributed by atoms with van der Waals surface area (Å²) in [6.07, 6.45) is 22.3. The van der Waals surface area contributed by atoms with E-state index in [-0.39, 0.29) is 9.92 Å². The Balaban J connectivity index is 1.76. The average Bonchev–Trinajstić information content (AvgIpc) is 3.13. The predicted octanol–water partition coefficient (Wildman–Crippen LogP) is 9.01. The van der Waals surface area contributed by atoms with Crippen LogP contribution in [0.2, 0.25) is 0 Å². The molecule has 156 valence electrons. The second-order valence-electron chi connectivity index (χ2n) is 7.50. The van der Waals surface area contributed by atoms with Gasteiger partial charge in [0.05, 0.1) is 9.13 Å². The minimum Gasteiger partial charge on any atom is -0.258 e. The first kappa shape index (κ1) is 24.5. The van der Waals surface area contributed by atoms with Crippen molar-refractivity contribution >= 4 is 28.1 Å². The van der Waals surface area contributed by atoms with E-state index >= 15 is 0 Å². The Morgan fingerprint density at radius 1 is 0.778 bits per heavy atom. The Kier molecular flexibility index (Phi) is 15.9. The molecule has 0 radical (unpaired) electrons. The zero-order valence-electron chi connectivity index (χ0n) is 17.3. The van der Waals surface area contributed by atoms with Crippen molar-refractivity contribution in [2.45, 2.75) is 114 Å². The van der Waals surface area contributed by atoms with Gasteiger partial charge in [0.2, 0.25) is 0 Å². The first-order valence-electron chi connectivity index (χ1n) is 11.1. The van der Waals surface area contributed by atoms with Crippen LogP contribution in [0, 0.1) is 10.1 Å². The molecular formula is C22H39NO2S2. The SMILES string of the molecule is CCCCCCCCCCCCCCCCCCSc1ccc([N+](=O)[O-])s1. The van der Waals surface area contributed by atoms with Crippen LogP contribution in [0.5, 0.6) is 0 Å². The number of rotatable bonds is 19. The molecule has 1 aromatic rings. The summed E-state index contributed by atoms with van der Waals surface area (Å²) in [6.45, 7) is 2.28. The van der Waals surface area contributed by atoms with Crippen molar-refractivity contribution in [3.8, 4) is 0 Å². The van der Waals surface area contributed by atoms with Gasteiger partial charge < -0.3 is 0 Å². The molecule has 0 N–H and O–H groups in total. The van der Waals surface area contributed by atoms with Crippen LogP contribution in [-0.2, 0) is 0 Å². The lowest BCUT2D eigenvalue weighted by molar-refractivity contribution is -0.380. The summed E-state index contributed by atoms with van der Waals surface area (Å²) in [4.78, 5) is 10.4. The normalized spacial score (nSPS) is 11.1. The van der Waals surface area contributed by atoms with Crippen molar-refractivity contribution in [2.75, 3.05) is 5.75 Å². The topological polar surface area (TPSA) is 43.1 Å². The molecule has 0 aliphatic carbocycles. The van der Waals surface area contributed by atoms with E-state index in [1.54, 1.807) is 17.8 Å². The van der Waals surface area contributed by atoms with E-state index < -0.39 is 0 Å². The van der Waals surface area contributed by atoms with Crippen molar-refractivity contribution in [1.29, 1.82) is 0 Å². The maximum absolute atomic E-state index is 10.7. The highest BCUT2D eigenvalue weighted by molar-refractivity contribution is 8.01.